The fourth-order valence-corrected chi connectivity index (χ4v) is 2.18. The van der Waals surface area contributed by atoms with Gasteiger partial charge in [0, 0.05) is 18.0 Å². The summed E-state index contributed by atoms with van der Waals surface area (Å²) in [5, 5.41) is 14.0. The van der Waals surface area contributed by atoms with E-state index >= 15 is 0 Å². The molecule has 92 valence electrons. The Hall–Kier alpha value is -1.69. The predicted octanol–water partition coefficient (Wildman–Crippen LogP) is 1.82. The Morgan fingerprint density at radius 2 is 2.35 bits per heavy atom. The highest BCUT2D eigenvalue weighted by Gasteiger charge is 2.27. The molecule has 1 aromatic carbocycles. The first kappa shape index (κ1) is 11.8. The Labute approximate surface area is 97.7 Å². The van der Waals surface area contributed by atoms with E-state index in [9.17, 15) is 14.5 Å². The molecule has 1 atom stereocenters. The number of nitro groups is 1. The zero-order chi connectivity index (χ0) is 12.4. The molecular weight excluding hydrogens is 227 g/mol. The molecule has 1 N–H and O–H groups in total. The van der Waals surface area contributed by atoms with Gasteiger partial charge in [0.1, 0.15) is 5.82 Å². The molecule has 0 aromatic heterocycles. The predicted molar refractivity (Wildman–Crippen MR) is 59.8 cm³/mol. The maximum atomic E-state index is 13.4. The Bertz CT molecular complexity index is 445. The highest BCUT2D eigenvalue weighted by atomic mass is 19.1. The number of nitrogens with one attached hydrogen (secondary N) is 1. The van der Waals surface area contributed by atoms with Gasteiger partial charge in [-0.05, 0) is 19.0 Å². The third kappa shape index (κ3) is 2.21. The first-order chi connectivity index (χ1) is 8.13. The van der Waals surface area contributed by atoms with Crippen LogP contribution in [0.15, 0.2) is 12.1 Å². The summed E-state index contributed by atoms with van der Waals surface area (Å²) < 4.78 is 18.4. The number of hydrogen-bond acceptors (Lipinski definition) is 4. The van der Waals surface area contributed by atoms with Gasteiger partial charge in [-0.25, -0.2) is 4.39 Å². The van der Waals surface area contributed by atoms with Gasteiger partial charge in [-0.1, -0.05) is 0 Å². The van der Waals surface area contributed by atoms with Gasteiger partial charge in [0.2, 0.25) is 5.75 Å². The van der Waals surface area contributed by atoms with E-state index in [1.165, 1.54) is 13.2 Å². The van der Waals surface area contributed by atoms with E-state index in [4.69, 9.17) is 4.74 Å². The topological polar surface area (TPSA) is 64.4 Å². The average Bonchev–Trinajstić information content (AvgIpc) is 2.81. The number of halogens is 1. The van der Waals surface area contributed by atoms with Crippen LogP contribution in [-0.4, -0.2) is 25.1 Å². The normalized spacial score (nSPS) is 19.3. The van der Waals surface area contributed by atoms with Gasteiger partial charge in [0.15, 0.2) is 0 Å². The molecule has 0 saturated carbocycles. The maximum absolute atomic E-state index is 13.4. The molecule has 1 unspecified atom stereocenters. The van der Waals surface area contributed by atoms with Gasteiger partial charge in [0.25, 0.3) is 0 Å². The lowest BCUT2D eigenvalue weighted by atomic mass is 9.96. The third-order valence-corrected chi connectivity index (χ3v) is 2.96. The maximum Gasteiger partial charge on any atom is 0.314 e. The second-order valence-corrected chi connectivity index (χ2v) is 3.99. The molecule has 17 heavy (non-hydrogen) atoms. The van der Waals surface area contributed by atoms with Crippen LogP contribution < -0.4 is 10.1 Å². The second kappa shape index (κ2) is 4.67. The first-order valence-corrected chi connectivity index (χ1v) is 5.36. The van der Waals surface area contributed by atoms with E-state index in [-0.39, 0.29) is 17.4 Å². The smallest absolute Gasteiger partial charge is 0.314 e. The number of nitrogens with zero attached hydrogens (tertiary/aromatic N) is 1. The number of ether oxygens (including phenoxy) is 1. The van der Waals surface area contributed by atoms with Crippen LogP contribution in [0, 0.1) is 15.9 Å². The molecule has 1 aromatic rings. The fourth-order valence-electron chi connectivity index (χ4n) is 2.18. The zero-order valence-corrected chi connectivity index (χ0v) is 9.40. The van der Waals surface area contributed by atoms with Gasteiger partial charge in [-0.3, -0.25) is 10.1 Å². The Kier molecular flexibility index (Phi) is 3.23. The number of methoxy groups -OCH3 is 1. The van der Waals surface area contributed by atoms with Gasteiger partial charge >= 0.3 is 5.69 Å². The van der Waals surface area contributed by atoms with Crippen molar-refractivity contribution < 1.29 is 14.1 Å². The average molecular weight is 240 g/mol. The van der Waals surface area contributed by atoms with Crippen LogP contribution in [0.3, 0.4) is 0 Å². The highest BCUT2D eigenvalue weighted by Crippen LogP contribution is 2.38. The summed E-state index contributed by atoms with van der Waals surface area (Å²) in [4.78, 5) is 10.2. The largest absolute Gasteiger partial charge is 0.490 e. The minimum Gasteiger partial charge on any atom is -0.490 e. The van der Waals surface area contributed by atoms with Gasteiger partial charge in [-0.15, -0.1) is 0 Å². The van der Waals surface area contributed by atoms with Gasteiger partial charge < -0.3 is 10.1 Å². The molecule has 5 nitrogen and oxygen atoms in total. The molecule has 1 saturated heterocycles. The standard InChI is InChI=1S/C11H13FN2O3/c1-17-11-9(7-2-3-13-6-7)4-8(12)5-10(11)14(15)16/h4-5,7,13H,2-3,6H2,1H3. The highest BCUT2D eigenvalue weighted by molar-refractivity contribution is 5.53. The summed E-state index contributed by atoms with van der Waals surface area (Å²) in [6.45, 7) is 1.52. The fraction of sp³-hybridized carbons (Fsp3) is 0.455. The van der Waals surface area contributed by atoms with E-state index in [0.717, 1.165) is 19.0 Å². The lowest BCUT2D eigenvalue weighted by molar-refractivity contribution is -0.386. The zero-order valence-electron chi connectivity index (χ0n) is 9.40. The van der Waals surface area contributed by atoms with Crippen molar-refractivity contribution in [2.24, 2.45) is 0 Å². The molecule has 0 aliphatic carbocycles. The van der Waals surface area contributed by atoms with E-state index in [2.05, 4.69) is 5.32 Å². The van der Waals surface area contributed by atoms with Crippen LogP contribution in [0.2, 0.25) is 0 Å². The molecule has 1 fully saturated rings. The molecule has 0 amide bonds. The molecule has 6 heteroatoms. The SMILES string of the molecule is COc1c(C2CCNC2)cc(F)cc1[N+](=O)[O-]. The van der Waals surface area contributed by atoms with Crippen LogP contribution >= 0.6 is 0 Å². The number of hydrogen-bond donors (Lipinski definition) is 1. The summed E-state index contributed by atoms with van der Waals surface area (Å²) in [6, 6.07) is 2.22. The lowest BCUT2D eigenvalue weighted by Crippen LogP contribution is -2.09. The van der Waals surface area contributed by atoms with Crippen LogP contribution in [0.1, 0.15) is 17.9 Å². The summed E-state index contributed by atoms with van der Waals surface area (Å²) in [6.07, 6.45) is 0.830. The van der Waals surface area contributed by atoms with E-state index in [1.54, 1.807) is 0 Å². The third-order valence-electron chi connectivity index (χ3n) is 2.96. The molecule has 1 aliphatic heterocycles. The van der Waals surface area contributed by atoms with Gasteiger partial charge in [-0.2, -0.15) is 0 Å². The quantitative estimate of drug-likeness (QED) is 0.646. The van der Waals surface area contributed by atoms with Crippen molar-refractivity contribution in [3.05, 3.63) is 33.6 Å². The molecule has 0 spiro atoms. The molecule has 2 rings (SSSR count). The number of rotatable bonds is 3. The summed E-state index contributed by atoms with van der Waals surface area (Å²) in [7, 11) is 1.37. The van der Waals surface area contributed by atoms with Crippen molar-refractivity contribution in [1.82, 2.24) is 5.32 Å². The van der Waals surface area contributed by atoms with Crippen molar-refractivity contribution in [3.8, 4) is 5.75 Å². The molecule has 0 bridgehead atoms. The van der Waals surface area contributed by atoms with Crippen molar-refractivity contribution in [3.63, 3.8) is 0 Å². The Morgan fingerprint density at radius 1 is 1.59 bits per heavy atom. The van der Waals surface area contributed by atoms with E-state index < -0.39 is 10.7 Å². The number of benzene rings is 1. The van der Waals surface area contributed by atoms with Crippen molar-refractivity contribution in [1.29, 1.82) is 0 Å². The van der Waals surface area contributed by atoms with E-state index in [0.29, 0.717) is 12.1 Å². The molecule has 1 heterocycles. The summed E-state index contributed by atoms with van der Waals surface area (Å²) in [5.41, 5.74) is 0.263. The summed E-state index contributed by atoms with van der Waals surface area (Å²) >= 11 is 0. The van der Waals surface area contributed by atoms with E-state index in [1.807, 2.05) is 0 Å². The Morgan fingerprint density at radius 3 is 2.88 bits per heavy atom. The summed E-state index contributed by atoms with van der Waals surface area (Å²) in [5.74, 6) is -0.358. The monoisotopic (exact) mass is 240 g/mol. The Balaban J connectivity index is 2.52. The minimum atomic E-state index is -0.617. The van der Waals surface area contributed by atoms with Crippen LogP contribution in [0.4, 0.5) is 10.1 Å². The van der Waals surface area contributed by atoms with Crippen molar-refractivity contribution in [2.75, 3.05) is 20.2 Å². The lowest BCUT2D eigenvalue weighted by Gasteiger charge is -2.13. The molecular formula is C11H13FN2O3. The number of nitro benzene ring substituents is 1. The van der Waals surface area contributed by atoms with Gasteiger partial charge in [0.05, 0.1) is 18.1 Å². The first-order valence-electron chi connectivity index (χ1n) is 5.36. The van der Waals surface area contributed by atoms with Crippen molar-refractivity contribution >= 4 is 5.69 Å². The van der Waals surface area contributed by atoms with Crippen LogP contribution in [0.25, 0.3) is 0 Å². The minimum absolute atomic E-state index is 0.0688. The second-order valence-electron chi connectivity index (χ2n) is 3.99. The van der Waals surface area contributed by atoms with Crippen LogP contribution in [-0.2, 0) is 0 Å². The van der Waals surface area contributed by atoms with Crippen LogP contribution in [0.5, 0.6) is 5.75 Å². The molecule has 0 radical (unpaired) electrons. The molecule has 1 aliphatic rings. The van der Waals surface area contributed by atoms with Crippen molar-refractivity contribution in [2.45, 2.75) is 12.3 Å².